The van der Waals surface area contributed by atoms with Crippen LogP contribution >= 0.6 is 0 Å². The number of pyridine rings is 1. The second-order valence-electron chi connectivity index (χ2n) is 6.62. The maximum atomic E-state index is 6.05. The Balaban J connectivity index is 1.91. The summed E-state index contributed by atoms with van der Waals surface area (Å²) in [5.41, 5.74) is 11.1. The fourth-order valence-electron chi connectivity index (χ4n) is 3.49. The molecule has 0 aliphatic carbocycles. The first kappa shape index (κ1) is 16.6. The van der Waals surface area contributed by atoms with Gasteiger partial charge in [-0.1, -0.05) is 50.2 Å². The molecule has 0 bridgehead atoms. The molecule has 0 saturated carbocycles. The minimum Gasteiger partial charge on any atom is -0.398 e. The van der Waals surface area contributed by atoms with Crippen LogP contribution in [0.5, 0.6) is 0 Å². The van der Waals surface area contributed by atoms with Gasteiger partial charge < -0.3 is 10.1 Å². The van der Waals surface area contributed by atoms with Crippen molar-refractivity contribution in [1.82, 2.24) is 14.3 Å². The van der Waals surface area contributed by atoms with Crippen LogP contribution in [0.4, 0.5) is 5.69 Å². The van der Waals surface area contributed by atoms with Gasteiger partial charge in [0.05, 0.1) is 11.4 Å². The van der Waals surface area contributed by atoms with Crippen LogP contribution in [0, 0.1) is 0 Å². The Morgan fingerprint density at radius 3 is 2.50 bits per heavy atom. The average molecular weight is 344 g/mol. The second kappa shape index (κ2) is 6.81. The highest BCUT2D eigenvalue weighted by Gasteiger charge is 2.16. The number of hydrogen-bond donors (Lipinski definition) is 1. The Bertz CT molecular complexity index is 1060. The van der Waals surface area contributed by atoms with Crippen molar-refractivity contribution in [1.29, 1.82) is 0 Å². The van der Waals surface area contributed by atoms with Gasteiger partial charge in [-0.2, -0.15) is 0 Å². The number of nitrogen functional groups attached to an aromatic ring is 1. The normalized spacial score (nSPS) is 11.7. The summed E-state index contributed by atoms with van der Waals surface area (Å²) < 4.78 is 2.14. The monoisotopic (exact) mass is 344 g/mol. The summed E-state index contributed by atoms with van der Waals surface area (Å²) in [5.74, 6) is 0. The zero-order chi connectivity index (χ0) is 18.1. The third-order valence-electron chi connectivity index (χ3n) is 5.03. The zero-order valence-corrected chi connectivity index (χ0v) is 15.3. The van der Waals surface area contributed by atoms with Gasteiger partial charge in [-0.15, -0.1) is 0 Å². The minimum atomic E-state index is 0.751. The molecule has 26 heavy (non-hydrogen) atoms. The maximum absolute atomic E-state index is 6.05. The highest BCUT2D eigenvalue weighted by Crippen LogP contribution is 2.29. The zero-order valence-electron chi connectivity index (χ0n) is 15.3. The number of nitrogens with zero attached hydrogens (tertiary/aromatic N) is 3. The lowest BCUT2D eigenvalue weighted by Crippen LogP contribution is -2.23. The standard InChI is InChI=1S/C22H24N4/c1-3-25(4-2)15-20-22(24-21-12-11-19(23)14-26(20)21)18-10-9-16-7-5-6-8-17(16)13-18/h5-14H,3-4,15,23H2,1-2H3. The molecule has 2 aromatic carbocycles. The van der Waals surface area contributed by atoms with Crippen molar-refractivity contribution in [3.05, 3.63) is 66.5 Å². The lowest BCUT2D eigenvalue weighted by atomic mass is 10.0. The molecule has 0 unspecified atom stereocenters. The molecule has 0 radical (unpaired) electrons. The molecule has 2 heterocycles. The SMILES string of the molecule is CCN(CC)Cc1c(-c2ccc3ccccc3c2)nc2ccc(N)cn12. The molecular weight excluding hydrogens is 320 g/mol. The fourth-order valence-corrected chi connectivity index (χ4v) is 3.49. The third kappa shape index (κ3) is 2.93. The number of anilines is 1. The maximum Gasteiger partial charge on any atom is 0.137 e. The van der Waals surface area contributed by atoms with E-state index in [-0.39, 0.29) is 0 Å². The molecule has 0 atom stereocenters. The fraction of sp³-hybridized carbons (Fsp3) is 0.227. The van der Waals surface area contributed by atoms with Crippen LogP contribution in [0.1, 0.15) is 19.5 Å². The van der Waals surface area contributed by atoms with Crippen LogP contribution in [0.15, 0.2) is 60.8 Å². The summed E-state index contributed by atoms with van der Waals surface area (Å²) in [6.45, 7) is 7.24. The van der Waals surface area contributed by atoms with Crippen LogP contribution in [-0.4, -0.2) is 27.4 Å². The van der Waals surface area contributed by atoms with Crippen LogP contribution in [0.25, 0.3) is 27.7 Å². The van der Waals surface area contributed by atoms with Gasteiger partial charge in [0.1, 0.15) is 5.65 Å². The van der Waals surface area contributed by atoms with E-state index in [9.17, 15) is 0 Å². The molecule has 0 fully saturated rings. The highest BCUT2D eigenvalue weighted by molar-refractivity contribution is 5.87. The van der Waals surface area contributed by atoms with Crippen molar-refractivity contribution in [2.45, 2.75) is 20.4 Å². The Morgan fingerprint density at radius 2 is 1.73 bits per heavy atom. The molecular formula is C22H24N4. The summed E-state index contributed by atoms with van der Waals surface area (Å²) in [4.78, 5) is 7.33. The number of fused-ring (bicyclic) bond motifs is 2. The Kier molecular flexibility index (Phi) is 4.35. The van der Waals surface area contributed by atoms with Crippen LogP contribution < -0.4 is 5.73 Å². The van der Waals surface area contributed by atoms with Crippen molar-refractivity contribution in [2.24, 2.45) is 0 Å². The predicted octanol–water partition coefficient (Wildman–Crippen LogP) is 4.58. The van der Waals surface area contributed by atoms with Gasteiger partial charge >= 0.3 is 0 Å². The first-order valence-electron chi connectivity index (χ1n) is 9.17. The summed E-state index contributed by atoms with van der Waals surface area (Å²) in [6, 6.07) is 18.9. The number of aromatic nitrogens is 2. The van der Waals surface area contributed by atoms with Crippen LogP contribution in [-0.2, 0) is 6.54 Å². The van der Waals surface area contributed by atoms with E-state index in [2.05, 4.69) is 65.6 Å². The first-order chi connectivity index (χ1) is 12.7. The minimum absolute atomic E-state index is 0.751. The van der Waals surface area contributed by atoms with E-state index in [1.165, 1.54) is 16.5 Å². The Labute approximate surface area is 153 Å². The molecule has 2 aromatic heterocycles. The van der Waals surface area contributed by atoms with Gasteiger partial charge in [-0.3, -0.25) is 4.90 Å². The van der Waals surface area contributed by atoms with Gasteiger partial charge in [-0.05, 0) is 42.1 Å². The topological polar surface area (TPSA) is 46.6 Å². The van der Waals surface area contributed by atoms with Gasteiger partial charge in [0.25, 0.3) is 0 Å². The van der Waals surface area contributed by atoms with E-state index in [0.29, 0.717) is 0 Å². The largest absolute Gasteiger partial charge is 0.398 e. The van der Waals surface area contributed by atoms with E-state index < -0.39 is 0 Å². The molecule has 4 aromatic rings. The smallest absolute Gasteiger partial charge is 0.137 e. The summed E-state index contributed by atoms with van der Waals surface area (Å²) in [7, 11) is 0. The molecule has 132 valence electrons. The van der Waals surface area contributed by atoms with Crippen molar-refractivity contribution < 1.29 is 0 Å². The average Bonchev–Trinajstić information content (AvgIpc) is 3.03. The van der Waals surface area contributed by atoms with Gasteiger partial charge in [0, 0.05) is 24.0 Å². The summed E-state index contributed by atoms with van der Waals surface area (Å²) in [6.07, 6.45) is 1.98. The van der Waals surface area contributed by atoms with Gasteiger partial charge in [-0.25, -0.2) is 4.98 Å². The van der Waals surface area contributed by atoms with Crippen LogP contribution in [0.2, 0.25) is 0 Å². The number of benzene rings is 2. The van der Waals surface area contributed by atoms with E-state index in [4.69, 9.17) is 10.7 Å². The Hall–Kier alpha value is -2.85. The third-order valence-corrected chi connectivity index (χ3v) is 5.03. The lowest BCUT2D eigenvalue weighted by molar-refractivity contribution is 0.292. The van der Waals surface area contributed by atoms with Crippen LogP contribution in [0.3, 0.4) is 0 Å². The van der Waals surface area contributed by atoms with E-state index >= 15 is 0 Å². The highest BCUT2D eigenvalue weighted by atomic mass is 15.1. The number of rotatable bonds is 5. The summed E-state index contributed by atoms with van der Waals surface area (Å²) >= 11 is 0. The molecule has 4 nitrogen and oxygen atoms in total. The van der Waals surface area contributed by atoms with E-state index in [1.54, 1.807) is 0 Å². The van der Waals surface area contributed by atoms with Crippen molar-refractivity contribution in [3.63, 3.8) is 0 Å². The lowest BCUT2D eigenvalue weighted by Gasteiger charge is -2.18. The molecule has 0 amide bonds. The summed E-state index contributed by atoms with van der Waals surface area (Å²) in [5, 5.41) is 2.48. The van der Waals surface area contributed by atoms with Crippen molar-refractivity contribution >= 4 is 22.1 Å². The Morgan fingerprint density at radius 1 is 0.962 bits per heavy atom. The van der Waals surface area contributed by atoms with Gasteiger partial charge in [0.2, 0.25) is 0 Å². The molecule has 0 aliphatic rings. The van der Waals surface area contributed by atoms with Crippen molar-refractivity contribution in [3.8, 4) is 11.3 Å². The molecule has 0 saturated heterocycles. The second-order valence-corrected chi connectivity index (χ2v) is 6.62. The molecule has 0 aliphatic heterocycles. The molecule has 4 rings (SSSR count). The molecule has 2 N–H and O–H groups in total. The predicted molar refractivity (Wildman–Crippen MR) is 109 cm³/mol. The van der Waals surface area contributed by atoms with Crippen molar-refractivity contribution in [2.75, 3.05) is 18.8 Å². The van der Waals surface area contributed by atoms with E-state index in [0.717, 1.165) is 42.2 Å². The molecule has 4 heteroatoms. The first-order valence-corrected chi connectivity index (χ1v) is 9.17. The number of imidazole rings is 1. The number of nitrogens with two attached hydrogens (primary N) is 1. The number of hydrogen-bond acceptors (Lipinski definition) is 3. The van der Waals surface area contributed by atoms with Gasteiger partial charge in [0.15, 0.2) is 0 Å². The molecule has 0 spiro atoms. The quantitative estimate of drug-likeness (QED) is 0.576. The van der Waals surface area contributed by atoms with E-state index in [1.807, 2.05) is 18.3 Å².